The highest BCUT2D eigenvalue weighted by Gasteiger charge is 2.26. The highest BCUT2D eigenvalue weighted by molar-refractivity contribution is 5.98. The molecule has 7 nitrogen and oxygen atoms in total. The van der Waals surface area contributed by atoms with Crippen LogP contribution in [0.15, 0.2) is 47.4 Å². The molecule has 0 spiro atoms. The third-order valence-electron chi connectivity index (χ3n) is 7.20. The van der Waals surface area contributed by atoms with E-state index in [-0.39, 0.29) is 22.8 Å². The van der Waals surface area contributed by atoms with Crippen LogP contribution in [0, 0.1) is 5.82 Å². The molecule has 1 saturated heterocycles. The van der Waals surface area contributed by atoms with Crippen LogP contribution in [0.4, 0.5) is 10.1 Å². The van der Waals surface area contributed by atoms with Crippen LogP contribution in [0.3, 0.4) is 0 Å². The second-order valence-electron chi connectivity index (χ2n) is 9.22. The number of hydrogen-bond acceptors (Lipinski definition) is 4. The Kier molecular flexibility index (Phi) is 6.05. The lowest BCUT2D eigenvalue weighted by Crippen LogP contribution is -2.48. The van der Waals surface area contributed by atoms with E-state index in [2.05, 4.69) is 6.07 Å². The molecule has 0 saturated carbocycles. The van der Waals surface area contributed by atoms with E-state index in [1.54, 1.807) is 22.1 Å². The molecule has 182 valence electrons. The van der Waals surface area contributed by atoms with E-state index in [4.69, 9.17) is 0 Å². The second kappa shape index (κ2) is 9.17. The van der Waals surface area contributed by atoms with Gasteiger partial charge in [0.1, 0.15) is 11.4 Å². The van der Waals surface area contributed by atoms with Gasteiger partial charge in [0, 0.05) is 64.3 Å². The fourth-order valence-electron chi connectivity index (χ4n) is 5.16. The number of fused-ring (bicyclic) bond motifs is 2. The Morgan fingerprint density at radius 1 is 0.971 bits per heavy atom. The molecule has 3 aromatic rings. The molecule has 3 heterocycles. The number of anilines is 1. The van der Waals surface area contributed by atoms with Crippen molar-refractivity contribution in [1.29, 1.82) is 0 Å². The first-order valence-corrected chi connectivity index (χ1v) is 12.1. The van der Waals surface area contributed by atoms with Crippen molar-refractivity contribution in [2.75, 3.05) is 37.6 Å². The zero-order chi connectivity index (χ0) is 24.7. The van der Waals surface area contributed by atoms with Crippen molar-refractivity contribution in [3.8, 4) is 0 Å². The predicted molar refractivity (Wildman–Crippen MR) is 133 cm³/mol. The molecule has 0 N–H and O–H groups in total. The molecule has 5 rings (SSSR count). The Morgan fingerprint density at radius 2 is 1.69 bits per heavy atom. The number of nitrogens with zero attached hydrogens (tertiary/aromatic N) is 4. The van der Waals surface area contributed by atoms with Gasteiger partial charge in [-0.3, -0.25) is 14.4 Å². The molecule has 0 radical (unpaired) electrons. The lowest BCUT2D eigenvalue weighted by molar-refractivity contribution is -0.129. The summed E-state index contributed by atoms with van der Waals surface area (Å²) in [4.78, 5) is 43.8. The minimum atomic E-state index is -0.495. The molecule has 35 heavy (non-hydrogen) atoms. The number of rotatable bonds is 3. The molecule has 8 heteroatoms. The van der Waals surface area contributed by atoms with Gasteiger partial charge in [0.2, 0.25) is 11.3 Å². The fraction of sp³-hybridized carbons (Fsp3) is 0.370. The summed E-state index contributed by atoms with van der Waals surface area (Å²) < 4.78 is 17.1. The van der Waals surface area contributed by atoms with Crippen LogP contribution in [0.1, 0.15) is 35.3 Å². The molecule has 2 amide bonds. The summed E-state index contributed by atoms with van der Waals surface area (Å²) in [7, 11) is 0. The number of amides is 2. The molecular formula is C27H29FN4O3. The summed E-state index contributed by atoms with van der Waals surface area (Å²) in [6.07, 6.45) is 2.36. The number of carbonyl (C=O) groups is 2. The quantitative estimate of drug-likeness (QED) is 0.583. The first-order chi connectivity index (χ1) is 16.9. The molecule has 1 fully saturated rings. The van der Waals surface area contributed by atoms with E-state index in [0.29, 0.717) is 57.0 Å². The monoisotopic (exact) mass is 476 g/mol. The zero-order valence-electron chi connectivity index (χ0n) is 20.1. The van der Waals surface area contributed by atoms with Gasteiger partial charge >= 0.3 is 0 Å². The SMILES string of the molecule is CCn1cc(C(=O)N2CCc3ccccc3C2)c(=O)c2cc(F)c(N3CCN(C(C)=O)CC3)cc21. The number of pyridine rings is 1. The van der Waals surface area contributed by atoms with Crippen molar-refractivity contribution < 1.29 is 14.0 Å². The maximum atomic E-state index is 15.3. The van der Waals surface area contributed by atoms with Gasteiger partial charge in [-0.1, -0.05) is 24.3 Å². The zero-order valence-corrected chi connectivity index (χ0v) is 20.1. The van der Waals surface area contributed by atoms with Gasteiger partial charge in [-0.15, -0.1) is 0 Å². The maximum absolute atomic E-state index is 15.3. The van der Waals surface area contributed by atoms with Gasteiger partial charge in [0.25, 0.3) is 5.91 Å². The van der Waals surface area contributed by atoms with Crippen LogP contribution < -0.4 is 10.3 Å². The van der Waals surface area contributed by atoms with Crippen LogP contribution in [-0.2, 0) is 24.3 Å². The summed E-state index contributed by atoms with van der Waals surface area (Å²) in [6, 6.07) is 11.0. The third kappa shape index (κ3) is 4.17. The summed E-state index contributed by atoms with van der Waals surface area (Å²) in [5.74, 6) is -0.804. The Balaban J connectivity index is 1.49. The summed E-state index contributed by atoms with van der Waals surface area (Å²) in [6.45, 7) is 7.09. The normalized spacial score (nSPS) is 15.9. The molecule has 0 bridgehead atoms. The summed E-state index contributed by atoms with van der Waals surface area (Å²) in [5, 5.41) is 0.207. The molecule has 0 aliphatic carbocycles. The Hall–Kier alpha value is -3.68. The van der Waals surface area contributed by atoms with Crippen molar-refractivity contribution >= 4 is 28.4 Å². The van der Waals surface area contributed by atoms with E-state index < -0.39 is 11.2 Å². The first kappa shape index (κ1) is 23.1. The van der Waals surface area contributed by atoms with E-state index in [9.17, 15) is 14.4 Å². The Bertz CT molecular complexity index is 1370. The van der Waals surface area contributed by atoms with Crippen molar-refractivity contribution in [3.63, 3.8) is 0 Å². The molecule has 0 atom stereocenters. The average molecular weight is 477 g/mol. The number of carbonyl (C=O) groups excluding carboxylic acids is 2. The molecule has 2 aromatic carbocycles. The first-order valence-electron chi connectivity index (χ1n) is 12.1. The van der Waals surface area contributed by atoms with E-state index >= 15 is 4.39 Å². The van der Waals surface area contributed by atoms with Crippen LogP contribution in [0.25, 0.3) is 10.9 Å². The van der Waals surface area contributed by atoms with Gasteiger partial charge in [0.15, 0.2) is 0 Å². The minimum Gasteiger partial charge on any atom is -0.366 e. The second-order valence-corrected chi connectivity index (χ2v) is 9.22. The maximum Gasteiger partial charge on any atom is 0.259 e. The highest BCUT2D eigenvalue weighted by atomic mass is 19.1. The van der Waals surface area contributed by atoms with Gasteiger partial charge in [-0.05, 0) is 36.6 Å². The number of aryl methyl sites for hydroxylation is 1. The third-order valence-corrected chi connectivity index (χ3v) is 7.20. The topological polar surface area (TPSA) is 65.9 Å². The largest absolute Gasteiger partial charge is 0.366 e. The fourth-order valence-corrected chi connectivity index (χ4v) is 5.16. The van der Waals surface area contributed by atoms with E-state index in [1.807, 2.05) is 34.6 Å². The average Bonchev–Trinajstić information content (AvgIpc) is 2.88. The van der Waals surface area contributed by atoms with Gasteiger partial charge in [-0.2, -0.15) is 0 Å². The number of piperazine rings is 1. The number of benzene rings is 2. The van der Waals surface area contributed by atoms with Gasteiger partial charge < -0.3 is 19.3 Å². The highest BCUT2D eigenvalue weighted by Crippen LogP contribution is 2.27. The van der Waals surface area contributed by atoms with Crippen LogP contribution >= 0.6 is 0 Å². The van der Waals surface area contributed by atoms with Gasteiger partial charge in [0.05, 0.1) is 11.2 Å². The van der Waals surface area contributed by atoms with Crippen LogP contribution in [-0.4, -0.2) is 58.9 Å². The molecule has 2 aliphatic heterocycles. The smallest absolute Gasteiger partial charge is 0.259 e. The molecule has 0 unspecified atom stereocenters. The van der Waals surface area contributed by atoms with E-state index in [1.165, 1.54) is 18.6 Å². The standard InChI is InChI=1S/C27H29FN4O3/c1-3-29-17-22(27(35)32-9-8-19-6-4-5-7-20(19)16-32)26(34)21-14-23(28)25(15-24(21)29)31-12-10-30(11-13-31)18(2)33/h4-7,14-15,17H,3,8-13,16H2,1-2H3. The lowest BCUT2D eigenvalue weighted by Gasteiger charge is -2.36. The van der Waals surface area contributed by atoms with Crippen LogP contribution in [0.2, 0.25) is 0 Å². The molecule has 2 aliphatic rings. The van der Waals surface area contributed by atoms with Crippen molar-refractivity contribution in [3.05, 3.63) is 75.3 Å². The number of halogens is 1. The Labute approximate surface area is 203 Å². The lowest BCUT2D eigenvalue weighted by atomic mass is 9.99. The van der Waals surface area contributed by atoms with Crippen molar-refractivity contribution in [1.82, 2.24) is 14.4 Å². The summed E-state index contributed by atoms with van der Waals surface area (Å²) >= 11 is 0. The molecule has 1 aromatic heterocycles. The number of hydrogen-bond donors (Lipinski definition) is 0. The van der Waals surface area contributed by atoms with E-state index in [0.717, 1.165) is 12.0 Å². The summed E-state index contributed by atoms with van der Waals surface area (Å²) in [5.41, 5.74) is 2.95. The predicted octanol–water partition coefficient (Wildman–Crippen LogP) is 3.03. The molecular weight excluding hydrogens is 447 g/mol. The van der Waals surface area contributed by atoms with Crippen molar-refractivity contribution in [2.45, 2.75) is 33.4 Å². The van der Waals surface area contributed by atoms with Crippen LogP contribution in [0.5, 0.6) is 0 Å². The van der Waals surface area contributed by atoms with Gasteiger partial charge in [-0.25, -0.2) is 4.39 Å². The van der Waals surface area contributed by atoms with Crippen molar-refractivity contribution in [2.24, 2.45) is 0 Å². The minimum absolute atomic E-state index is 0.0119. The number of aromatic nitrogens is 1. The Morgan fingerprint density at radius 3 is 2.37 bits per heavy atom.